The maximum absolute atomic E-state index is 10.0. The number of rotatable bonds is 6. The summed E-state index contributed by atoms with van der Waals surface area (Å²) in [5.41, 5.74) is 0. The largest absolute Gasteiger partial charge is 0.357 e. The van der Waals surface area contributed by atoms with Crippen LogP contribution >= 0.6 is 0 Å². The van der Waals surface area contributed by atoms with Crippen molar-refractivity contribution < 1.29 is 4.79 Å². The summed E-state index contributed by atoms with van der Waals surface area (Å²) >= 11 is 0. The molecule has 1 fully saturated rings. The van der Waals surface area contributed by atoms with Crippen LogP contribution in [0.5, 0.6) is 0 Å². The van der Waals surface area contributed by atoms with Gasteiger partial charge in [-0.05, 0) is 13.0 Å². The molecule has 1 aliphatic heterocycles. The molecule has 14 heavy (non-hydrogen) atoms. The second-order valence-electron chi connectivity index (χ2n) is 3.76. The average Bonchev–Trinajstić information content (AvgIpc) is 2.21. The first-order valence-corrected chi connectivity index (χ1v) is 5.48. The summed E-state index contributed by atoms with van der Waals surface area (Å²) in [7, 11) is 0. The minimum atomic E-state index is 0.771. The Morgan fingerprint density at radius 3 is 2.21 bits per heavy atom. The number of piperazine rings is 1. The fourth-order valence-electron chi connectivity index (χ4n) is 1.83. The summed E-state index contributed by atoms with van der Waals surface area (Å²) in [6.07, 6.45) is 2.01. The van der Waals surface area contributed by atoms with Crippen molar-refractivity contribution in [3.63, 3.8) is 0 Å². The molecule has 1 N–H and O–H groups in total. The number of nitrogens with one attached hydrogen (secondary N) is 1. The van der Waals surface area contributed by atoms with Crippen molar-refractivity contribution in [2.75, 3.05) is 45.8 Å². The smallest absolute Gasteiger partial charge is 0.207 e. The molecule has 4 heteroatoms. The third-order valence-corrected chi connectivity index (χ3v) is 2.66. The van der Waals surface area contributed by atoms with E-state index in [1.54, 1.807) is 0 Å². The second kappa shape index (κ2) is 6.79. The van der Waals surface area contributed by atoms with Gasteiger partial charge in [-0.2, -0.15) is 0 Å². The minimum absolute atomic E-state index is 0.771. The van der Waals surface area contributed by atoms with Crippen LogP contribution in [0.1, 0.15) is 13.3 Å². The molecule has 4 nitrogen and oxygen atoms in total. The monoisotopic (exact) mass is 199 g/mol. The topological polar surface area (TPSA) is 35.6 Å². The molecule has 1 heterocycles. The highest BCUT2D eigenvalue weighted by Crippen LogP contribution is 2.01. The van der Waals surface area contributed by atoms with Crippen molar-refractivity contribution in [2.24, 2.45) is 0 Å². The van der Waals surface area contributed by atoms with Gasteiger partial charge in [-0.25, -0.2) is 0 Å². The van der Waals surface area contributed by atoms with E-state index in [2.05, 4.69) is 22.0 Å². The van der Waals surface area contributed by atoms with Gasteiger partial charge < -0.3 is 10.2 Å². The zero-order chi connectivity index (χ0) is 10.2. The summed E-state index contributed by atoms with van der Waals surface area (Å²) < 4.78 is 0. The number of carbonyl (C=O) groups is 1. The third-order valence-electron chi connectivity index (χ3n) is 2.66. The Morgan fingerprint density at radius 2 is 1.71 bits per heavy atom. The van der Waals surface area contributed by atoms with Crippen LogP contribution in [0.3, 0.4) is 0 Å². The minimum Gasteiger partial charge on any atom is -0.357 e. The molecule has 1 saturated heterocycles. The number of hydrogen-bond donors (Lipinski definition) is 1. The molecule has 0 aliphatic carbocycles. The van der Waals surface area contributed by atoms with E-state index in [1.807, 2.05) is 0 Å². The standard InChI is InChI=1S/C10H21N3O/c1-2-4-12-6-8-13(9-7-12)5-3-11-10-14/h10H,2-9H2,1H3,(H,11,14). The van der Waals surface area contributed by atoms with E-state index in [0.29, 0.717) is 0 Å². The fraction of sp³-hybridized carbons (Fsp3) is 0.900. The summed E-state index contributed by atoms with van der Waals surface area (Å²) in [4.78, 5) is 15.0. The van der Waals surface area contributed by atoms with E-state index in [-0.39, 0.29) is 0 Å². The molecule has 0 aromatic heterocycles. The quantitative estimate of drug-likeness (QED) is 0.474. The molecule has 0 aromatic carbocycles. The lowest BCUT2D eigenvalue weighted by molar-refractivity contribution is -0.109. The van der Waals surface area contributed by atoms with Crippen molar-refractivity contribution >= 4 is 6.41 Å². The SMILES string of the molecule is CCCN1CCN(CCNC=O)CC1. The molecule has 0 unspecified atom stereocenters. The summed E-state index contributed by atoms with van der Waals surface area (Å²) in [6.45, 7) is 9.84. The van der Waals surface area contributed by atoms with Gasteiger partial charge in [-0.3, -0.25) is 9.69 Å². The van der Waals surface area contributed by atoms with E-state index in [4.69, 9.17) is 0 Å². The second-order valence-corrected chi connectivity index (χ2v) is 3.76. The van der Waals surface area contributed by atoms with Crippen molar-refractivity contribution in [3.8, 4) is 0 Å². The normalized spacial score (nSPS) is 19.5. The highest BCUT2D eigenvalue weighted by atomic mass is 16.1. The van der Waals surface area contributed by atoms with Crippen molar-refractivity contribution in [1.29, 1.82) is 0 Å². The van der Waals surface area contributed by atoms with Gasteiger partial charge in [0, 0.05) is 39.3 Å². The predicted octanol–water partition coefficient (Wildman–Crippen LogP) is -0.240. The zero-order valence-corrected chi connectivity index (χ0v) is 9.04. The highest BCUT2D eigenvalue weighted by Gasteiger charge is 2.14. The number of nitrogens with zero attached hydrogens (tertiary/aromatic N) is 2. The molecule has 0 atom stereocenters. The van der Waals surface area contributed by atoms with E-state index in [0.717, 1.165) is 32.6 Å². The molecule has 0 aromatic rings. The maximum atomic E-state index is 10.0. The molecule has 1 rings (SSSR count). The van der Waals surface area contributed by atoms with Crippen LogP contribution in [-0.2, 0) is 4.79 Å². The first-order chi connectivity index (χ1) is 6.86. The van der Waals surface area contributed by atoms with Crippen LogP contribution in [0.4, 0.5) is 0 Å². The molecule has 0 spiro atoms. The summed E-state index contributed by atoms with van der Waals surface area (Å²) in [6, 6.07) is 0. The first kappa shape index (κ1) is 11.5. The van der Waals surface area contributed by atoms with Crippen molar-refractivity contribution in [3.05, 3.63) is 0 Å². The van der Waals surface area contributed by atoms with Gasteiger partial charge in [0.1, 0.15) is 0 Å². The number of amides is 1. The Hall–Kier alpha value is -0.610. The zero-order valence-electron chi connectivity index (χ0n) is 9.04. The van der Waals surface area contributed by atoms with Gasteiger partial charge in [-0.1, -0.05) is 6.92 Å². The Kier molecular flexibility index (Phi) is 5.56. The molecule has 1 amide bonds. The van der Waals surface area contributed by atoms with Gasteiger partial charge in [0.25, 0.3) is 0 Å². The first-order valence-electron chi connectivity index (χ1n) is 5.48. The lowest BCUT2D eigenvalue weighted by Gasteiger charge is -2.34. The van der Waals surface area contributed by atoms with Crippen LogP contribution in [0.25, 0.3) is 0 Å². The highest BCUT2D eigenvalue weighted by molar-refractivity contribution is 5.45. The maximum Gasteiger partial charge on any atom is 0.207 e. The van der Waals surface area contributed by atoms with E-state index in [1.165, 1.54) is 26.1 Å². The molecule has 0 saturated carbocycles. The average molecular weight is 199 g/mol. The Bertz CT molecular complexity index is 155. The molecule has 1 aliphatic rings. The van der Waals surface area contributed by atoms with E-state index >= 15 is 0 Å². The summed E-state index contributed by atoms with van der Waals surface area (Å²) in [5.74, 6) is 0. The van der Waals surface area contributed by atoms with Crippen LogP contribution in [-0.4, -0.2) is 62.0 Å². The van der Waals surface area contributed by atoms with Crippen molar-refractivity contribution in [1.82, 2.24) is 15.1 Å². The van der Waals surface area contributed by atoms with Crippen LogP contribution < -0.4 is 5.32 Å². The van der Waals surface area contributed by atoms with Crippen molar-refractivity contribution in [2.45, 2.75) is 13.3 Å². The summed E-state index contributed by atoms with van der Waals surface area (Å²) in [5, 5.41) is 2.70. The number of carbonyl (C=O) groups excluding carboxylic acids is 1. The molecular formula is C10H21N3O. The van der Waals surface area contributed by atoms with Gasteiger partial charge >= 0.3 is 0 Å². The van der Waals surface area contributed by atoms with Gasteiger partial charge in [0.2, 0.25) is 6.41 Å². The van der Waals surface area contributed by atoms with Crippen LogP contribution in [0.15, 0.2) is 0 Å². The predicted molar refractivity (Wildman–Crippen MR) is 57.2 cm³/mol. The number of hydrogen-bond acceptors (Lipinski definition) is 3. The Morgan fingerprint density at radius 1 is 1.14 bits per heavy atom. The Balaban J connectivity index is 2.06. The van der Waals surface area contributed by atoms with Gasteiger partial charge in [0.05, 0.1) is 0 Å². The molecule has 0 bridgehead atoms. The Labute approximate surface area is 86.2 Å². The van der Waals surface area contributed by atoms with Gasteiger partial charge in [-0.15, -0.1) is 0 Å². The molecule has 0 radical (unpaired) electrons. The van der Waals surface area contributed by atoms with E-state index in [9.17, 15) is 4.79 Å². The lowest BCUT2D eigenvalue weighted by atomic mass is 10.3. The van der Waals surface area contributed by atoms with Crippen LogP contribution in [0, 0.1) is 0 Å². The fourth-order valence-corrected chi connectivity index (χ4v) is 1.83. The third kappa shape index (κ3) is 4.07. The molecular weight excluding hydrogens is 178 g/mol. The van der Waals surface area contributed by atoms with Gasteiger partial charge in [0.15, 0.2) is 0 Å². The van der Waals surface area contributed by atoms with Crippen LogP contribution in [0.2, 0.25) is 0 Å². The lowest BCUT2D eigenvalue weighted by Crippen LogP contribution is -2.48. The molecule has 82 valence electrons. The van der Waals surface area contributed by atoms with E-state index < -0.39 is 0 Å².